The minimum Gasteiger partial charge on any atom is -0.478 e. The molecular weight excluding hydrogens is 250 g/mol. The van der Waals surface area contributed by atoms with Crippen LogP contribution in [0.4, 0.5) is 0 Å². The Bertz CT molecular complexity index is 662. The highest BCUT2D eigenvalue weighted by molar-refractivity contribution is 6.31. The van der Waals surface area contributed by atoms with Crippen molar-refractivity contribution in [2.75, 3.05) is 0 Å². The third-order valence-electron chi connectivity index (χ3n) is 2.90. The molecule has 0 spiro atoms. The van der Waals surface area contributed by atoms with Crippen molar-refractivity contribution in [3.05, 3.63) is 46.1 Å². The van der Waals surface area contributed by atoms with Crippen LogP contribution in [0.15, 0.2) is 24.3 Å². The van der Waals surface area contributed by atoms with Gasteiger partial charge in [-0.2, -0.15) is 0 Å². The minimum absolute atomic E-state index is 0.314. The van der Waals surface area contributed by atoms with E-state index in [0.29, 0.717) is 10.7 Å². The molecule has 0 amide bonds. The third-order valence-corrected chi connectivity index (χ3v) is 3.20. The molecule has 0 fully saturated rings. The molecule has 18 heavy (non-hydrogen) atoms. The molecule has 1 aromatic carbocycles. The van der Waals surface area contributed by atoms with Crippen LogP contribution in [0.3, 0.4) is 0 Å². The Kier molecular flexibility index (Phi) is 3.34. The first-order valence-corrected chi connectivity index (χ1v) is 5.84. The van der Waals surface area contributed by atoms with Crippen molar-refractivity contribution in [2.45, 2.75) is 13.8 Å². The molecule has 2 rings (SSSR count). The third kappa shape index (κ3) is 2.36. The summed E-state index contributed by atoms with van der Waals surface area (Å²) >= 11 is 6.06. The molecule has 0 unspecified atom stereocenters. The Morgan fingerprint density at radius 1 is 1.39 bits per heavy atom. The Labute approximate surface area is 110 Å². The molecule has 92 valence electrons. The first-order chi connectivity index (χ1) is 8.49. The predicted molar refractivity (Wildman–Crippen MR) is 72.9 cm³/mol. The quantitative estimate of drug-likeness (QED) is 0.664. The van der Waals surface area contributed by atoms with Crippen LogP contribution < -0.4 is 0 Å². The maximum absolute atomic E-state index is 10.5. The molecule has 0 saturated heterocycles. The average Bonchev–Trinajstić information content (AvgIpc) is 2.32. The van der Waals surface area contributed by atoms with Crippen LogP contribution in [0.5, 0.6) is 0 Å². The Balaban J connectivity index is 2.63. The van der Waals surface area contributed by atoms with Gasteiger partial charge in [-0.1, -0.05) is 23.7 Å². The number of halogens is 1. The van der Waals surface area contributed by atoms with E-state index in [2.05, 4.69) is 4.98 Å². The maximum atomic E-state index is 10.5. The van der Waals surface area contributed by atoms with Gasteiger partial charge in [0.25, 0.3) is 0 Å². The number of benzene rings is 1. The summed E-state index contributed by atoms with van der Waals surface area (Å²) in [5.41, 5.74) is 3.70. The second kappa shape index (κ2) is 4.78. The van der Waals surface area contributed by atoms with Gasteiger partial charge in [-0.25, -0.2) is 9.78 Å². The van der Waals surface area contributed by atoms with Gasteiger partial charge in [-0.05, 0) is 37.1 Å². The van der Waals surface area contributed by atoms with Gasteiger partial charge < -0.3 is 5.11 Å². The van der Waals surface area contributed by atoms with Gasteiger partial charge >= 0.3 is 5.97 Å². The lowest BCUT2D eigenvalue weighted by molar-refractivity contribution is -0.131. The molecule has 2 aromatic rings. The summed E-state index contributed by atoms with van der Waals surface area (Å²) in [6, 6.07) is 5.81. The predicted octanol–water partition coefficient (Wildman–Crippen LogP) is 3.60. The number of nitrogens with zero attached hydrogens (tertiary/aromatic N) is 1. The summed E-state index contributed by atoms with van der Waals surface area (Å²) in [6.07, 6.45) is 2.50. The number of fused-ring (bicyclic) bond motifs is 1. The highest BCUT2D eigenvalue weighted by Gasteiger charge is 2.06. The molecule has 0 atom stereocenters. The summed E-state index contributed by atoms with van der Waals surface area (Å²) in [4.78, 5) is 14.8. The number of rotatable bonds is 2. The van der Waals surface area contributed by atoms with Crippen LogP contribution >= 0.6 is 11.6 Å². The number of aromatic nitrogens is 1. The lowest BCUT2D eigenvalue weighted by atomic mass is 10.0. The van der Waals surface area contributed by atoms with E-state index >= 15 is 0 Å². The molecule has 0 saturated carbocycles. The van der Waals surface area contributed by atoms with Crippen molar-refractivity contribution >= 4 is 34.5 Å². The molecule has 3 nitrogen and oxygen atoms in total. The monoisotopic (exact) mass is 261 g/mol. The van der Waals surface area contributed by atoms with E-state index in [1.165, 1.54) is 6.08 Å². The molecule has 1 aromatic heterocycles. The lowest BCUT2D eigenvalue weighted by Gasteiger charge is -2.07. The highest BCUT2D eigenvalue weighted by atomic mass is 35.5. The van der Waals surface area contributed by atoms with Crippen LogP contribution in [0.2, 0.25) is 5.15 Å². The molecule has 0 aliphatic rings. The molecule has 0 bridgehead atoms. The Morgan fingerprint density at radius 2 is 2.11 bits per heavy atom. The number of carboxylic acid groups (broad SMARTS) is 1. The summed E-state index contributed by atoms with van der Waals surface area (Å²) in [5, 5.41) is 9.87. The van der Waals surface area contributed by atoms with E-state index in [9.17, 15) is 4.79 Å². The van der Waals surface area contributed by atoms with Crippen molar-refractivity contribution in [1.29, 1.82) is 0 Å². The van der Waals surface area contributed by atoms with Crippen molar-refractivity contribution in [1.82, 2.24) is 4.98 Å². The summed E-state index contributed by atoms with van der Waals surface area (Å²) < 4.78 is 0. The fraction of sp³-hybridized carbons (Fsp3) is 0.143. The van der Waals surface area contributed by atoms with Gasteiger partial charge in [-0.3, -0.25) is 0 Å². The van der Waals surface area contributed by atoms with Gasteiger partial charge in [0.2, 0.25) is 0 Å². The van der Waals surface area contributed by atoms with Crippen molar-refractivity contribution < 1.29 is 9.90 Å². The fourth-order valence-corrected chi connectivity index (χ4v) is 1.96. The van der Waals surface area contributed by atoms with Gasteiger partial charge in [0, 0.05) is 17.0 Å². The molecule has 1 heterocycles. The van der Waals surface area contributed by atoms with Gasteiger partial charge in [0.1, 0.15) is 5.15 Å². The van der Waals surface area contributed by atoms with Crippen LogP contribution in [0, 0.1) is 13.8 Å². The first kappa shape index (κ1) is 12.6. The summed E-state index contributed by atoms with van der Waals surface area (Å²) in [6.45, 7) is 4.01. The zero-order valence-corrected chi connectivity index (χ0v) is 10.8. The molecular formula is C14H12ClNO2. The largest absolute Gasteiger partial charge is 0.478 e. The van der Waals surface area contributed by atoms with Crippen LogP contribution in [0.1, 0.15) is 16.7 Å². The minimum atomic E-state index is -1.01. The van der Waals surface area contributed by atoms with E-state index in [-0.39, 0.29) is 0 Å². The smallest absolute Gasteiger partial charge is 0.328 e. The van der Waals surface area contributed by atoms with Crippen LogP contribution in [-0.2, 0) is 4.79 Å². The van der Waals surface area contributed by atoms with E-state index in [1.807, 2.05) is 32.0 Å². The molecule has 4 heteroatoms. The Hall–Kier alpha value is -1.87. The van der Waals surface area contributed by atoms with Crippen LogP contribution in [0.25, 0.3) is 17.0 Å². The second-order valence-corrected chi connectivity index (χ2v) is 4.48. The number of pyridine rings is 1. The van der Waals surface area contributed by atoms with Gasteiger partial charge in [-0.15, -0.1) is 0 Å². The zero-order valence-electron chi connectivity index (χ0n) is 10.1. The number of carbonyl (C=O) groups is 1. The lowest BCUT2D eigenvalue weighted by Crippen LogP contribution is -1.91. The fourth-order valence-electron chi connectivity index (χ4n) is 1.75. The van der Waals surface area contributed by atoms with E-state index in [0.717, 1.165) is 28.1 Å². The van der Waals surface area contributed by atoms with E-state index < -0.39 is 5.97 Å². The highest BCUT2D eigenvalue weighted by Crippen LogP contribution is 2.25. The van der Waals surface area contributed by atoms with Crippen molar-refractivity contribution in [2.24, 2.45) is 0 Å². The van der Waals surface area contributed by atoms with Crippen molar-refractivity contribution in [3.8, 4) is 0 Å². The Morgan fingerprint density at radius 3 is 2.78 bits per heavy atom. The number of hydrogen-bond donors (Lipinski definition) is 1. The van der Waals surface area contributed by atoms with E-state index in [1.54, 1.807) is 0 Å². The molecule has 0 radical (unpaired) electrons. The zero-order chi connectivity index (χ0) is 13.3. The average molecular weight is 262 g/mol. The number of aryl methyl sites for hydroxylation is 2. The number of carboxylic acids is 1. The SMILES string of the molecule is Cc1ccc2cc(/C=C/C(=O)O)c(Cl)nc2c1C. The standard InChI is InChI=1S/C14H12ClNO2/c1-8-3-4-10-7-11(5-6-12(17)18)14(15)16-13(10)9(8)2/h3-7H,1-2H3,(H,17,18)/b6-5+. The normalized spacial score (nSPS) is 11.3. The van der Waals surface area contributed by atoms with Gasteiger partial charge in [0.05, 0.1) is 5.52 Å². The molecule has 0 aliphatic carbocycles. The van der Waals surface area contributed by atoms with Crippen molar-refractivity contribution in [3.63, 3.8) is 0 Å². The number of aliphatic carboxylic acids is 1. The molecule has 1 N–H and O–H groups in total. The first-order valence-electron chi connectivity index (χ1n) is 5.46. The van der Waals surface area contributed by atoms with Crippen LogP contribution in [-0.4, -0.2) is 16.1 Å². The maximum Gasteiger partial charge on any atom is 0.328 e. The molecule has 0 aliphatic heterocycles. The summed E-state index contributed by atoms with van der Waals surface area (Å²) in [7, 11) is 0. The van der Waals surface area contributed by atoms with E-state index in [4.69, 9.17) is 16.7 Å². The summed E-state index contributed by atoms with van der Waals surface area (Å²) in [5.74, 6) is -1.01. The topological polar surface area (TPSA) is 50.2 Å². The second-order valence-electron chi connectivity index (χ2n) is 4.12. The van der Waals surface area contributed by atoms with Gasteiger partial charge in [0.15, 0.2) is 0 Å². The number of hydrogen-bond acceptors (Lipinski definition) is 2.